The minimum absolute atomic E-state index is 0.0635. The Morgan fingerprint density at radius 2 is 1.98 bits per heavy atom. The third-order valence-corrected chi connectivity index (χ3v) is 10.2. The van der Waals surface area contributed by atoms with Gasteiger partial charge in [-0.15, -0.1) is 10.2 Å². The number of likely N-dealkylation sites (tertiary alicyclic amines) is 2. The van der Waals surface area contributed by atoms with Crippen LogP contribution in [0.1, 0.15) is 57.4 Å². The largest absolute Gasteiger partial charge is 0.512 e. The van der Waals surface area contributed by atoms with Crippen LogP contribution in [0.3, 0.4) is 0 Å². The molecule has 248 valence electrons. The molecule has 0 radical (unpaired) electrons. The number of rotatable bonds is 8. The molecule has 5 aliphatic rings. The molecule has 1 amide bonds. The fourth-order valence-corrected chi connectivity index (χ4v) is 7.66. The van der Waals surface area contributed by atoms with E-state index in [1.165, 1.54) is 0 Å². The quantitative estimate of drug-likeness (QED) is 0.393. The number of piperidine rings is 1. The second kappa shape index (κ2) is 13.2. The number of ether oxygens (including phenoxy) is 1. The van der Waals surface area contributed by atoms with Gasteiger partial charge in [-0.1, -0.05) is 12.2 Å². The average Bonchev–Trinajstić information content (AvgIpc) is 3.70. The van der Waals surface area contributed by atoms with Gasteiger partial charge in [-0.05, 0) is 63.8 Å². The van der Waals surface area contributed by atoms with Crippen LogP contribution in [-0.2, 0) is 11.2 Å². The van der Waals surface area contributed by atoms with Crippen molar-refractivity contribution in [1.29, 1.82) is 0 Å². The van der Waals surface area contributed by atoms with Crippen LogP contribution in [0.15, 0.2) is 34.6 Å². The summed E-state index contributed by atoms with van der Waals surface area (Å²) in [4.78, 5) is 21.8. The van der Waals surface area contributed by atoms with Gasteiger partial charge in [0.15, 0.2) is 5.82 Å². The standard InChI is InChI=1S/C33H46N8O5/c1-21(45-31-15-25(46-37-31)16-32(44)40-12-9-24(42)19-40)18-38-10-7-23(8-11-38)39-13-14-41-28-17-27(26-5-3-4-6-30(26)43)35-36-33(28)34-22(2)29(41)20-39/h3,5,15,17,21-24,29,42-43H,4,6-14,16,18-20H2,1-2H3,(H,34,36)/t21-,22?,24?,29?/m0/s1. The van der Waals surface area contributed by atoms with Gasteiger partial charge in [-0.25, -0.2) is 0 Å². The van der Waals surface area contributed by atoms with Crippen molar-refractivity contribution in [2.24, 2.45) is 0 Å². The van der Waals surface area contributed by atoms with E-state index in [0.29, 0.717) is 55.4 Å². The molecule has 0 spiro atoms. The van der Waals surface area contributed by atoms with Crippen molar-refractivity contribution in [2.45, 2.75) is 82.7 Å². The molecule has 2 aromatic heterocycles. The fraction of sp³-hybridized carbons (Fsp3) is 0.636. The fourth-order valence-electron chi connectivity index (χ4n) is 7.66. The van der Waals surface area contributed by atoms with Crippen LogP contribution in [0.4, 0.5) is 11.5 Å². The van der Waals surface area contributed by atoms with E-state index < -0.39 is 6.10 Å². The molecular weight excluding hydrogens is 588 g/mol. The number of nitrogens with zero attached hydrogens (tertiary/aromatic N) is 7. The highest BCUT2D eigenvalue weighted by atomic mass is 16.5. The maximum atomic E-state index is 12.5. The molecular formula is C33H46N8O5. The van der Waals surface area contributed by atoms with E-state index in [2.05, 4.69) is 54.4 Å². The molecule has 0 aromatic carbocycles. The lowest BCUT2D eigenvalue weighted by atomic mass is 9.95. The topological polar surface area (TPSA) is 144 Å². The van der Waals surface area contributed by atoms with E-state index in [9.17, 15) is 15.0 Å². The molecule has 3 fully saturated rings. The highest BCUT2D eigenvalue weighted by Gasteiger charge is 2.39. The third-order valence-electron chi connectivity index (χ3n) is 10.2. The lowest BCUT2D eigenvalue weighted by Crippen LogP contribution is -2.63. The highest BCUT2D eigenvalue weighted by molar-refractivity contribution is 5.80. The van der Waals surface area contributed by atoms with Crippen LogP contribution in [0.25, 0.3) is 5.57 Å². The summed E-state index contributed by atoms with van der Waals surface area (Å²) < 4.78 is 11.4. The van der Waals surface area contributed by atoms with Crippen LogP contribution in [0.5, 0.6) is 5.88 Å². The molecule has 4 atom stereocenters. The molecule has 3 saturated heterocycles. The monoisotopic (exact) mass is 634 g/mol. The Morgan fingerprint density at radius 3 is 2.76 bits per heavy atom. The molecule has 3 unspecified atom stereocenters. The van der Waals surface area contributed by atoms with E-state index in [4.69, 9.17) is 9.26 Å². The number of nitrogens with one attached hydrogen (secondary N) is 1. The van der Waals surface area contributed by atoms with Crippen LogP contribution >= 0.6 is 0 Å². The summed E-state index contributed by atoms with van der Waals surface area (Å²) in [6.07, 6.45) is 8.02. The zero-order chi connectivity index (χ0) is 31.8. The van der Waals surface area contributed by atoms with Crippen molar-refractivity contribution < 1.29 is 24.3 Å². The number of fused-ring (bicyclic) bond motifs is 3. The number of hydrogen-bond acceptors (Lipinski definition) is 12. The van der Waals surface area contributed by atoms with Crippen molar-refractivity contribution in [3.8, 4) is 5.88 Å². The molecule has 4 aliphatic heterocycles. The molecule has 0 saturated carbocycles. The number of carbonyl (C=O) groups is 1. The molecule has 6 heterocycles. The van der Waals surface area contributed by atoms with Gasteiger partial charge < -0.3 is 34.6 Å². The minimum atomic E-state index is -0.436. The van der Waals surface area contributed by atoms with Crippen molar-refractivity contribution in [1.82, 2.24) is 30.1 Å². The molecule has 2 aromatic rings. The van der Waals surface area contributed by atoms with Gasteiger partial charge in [0.2, 0.25) is 5.91 Å². The first-order chi connectivity index (χ1) is 22.3. The number of hydrogen-bond donors (Lipinski definition) is 3. The van der Waals surface area contributed by atoms with Crippen molar-refractivity contribution in [3.05, 3.63) is 41.5 Å². The summed E-state index contributed by atoms with van der Waals surface area (Å²) in [6.45, 7) is 11.0. The lowest BCUT2D eigenvalue weighted by Gasteiger charge is -2.51. The highest BCUT2D eigenvalue weighted by Crippen LogP contribution is 2.37. The number of aliphatic hydroxyl groups excluding tert-OH is 2. The molecule has 46 heavy (non-hydrogen) atoms. The summed E-state index contributed by atoms with van der Waals surface area (Å²) in [7, 11) is 0. The smallest absolute Gasteiger partial charge is 0.254 e. The predicted octanol–water partition coefficient (Wildman–Crippen LogP) is 2.46. The summed E-state index contributed by atoms with van der Waals surface area (Å²) in [5.74, 6) is 2.03. The number of aliphatic hydroxyl groups is 2. The molecule has 7 rings (SSSR count). The van der Waals surface area contributed by atoms with E-state index in [1.807, 2.05) is 13.0 Å². The number of β-amino-alcohol motifs (C(OH)–C–C–N with tert-alkyl or cyclic N) is 1. The van der Waals surface area contributed by atoms with E-state index in [-0.39, 0.29) is 24.5 Å². The predicted molar refractivity (Wildman–Crippen MR) is 173 cm³/mol. The summed E-state index contributed by atoms with van der Waals surface area (Å²) in [5, 5.41) is 36.7. The maximum Gasteiger partial charge on any atom is 0.254 e. The number of anilines is 2. The average molecular weight is 635 g/mol. The number of aromatic nitrogens is 3. The van der Waals surface area contributed by atoms with Gasteiger partial charge in [0, 0.05) is 69.4 Å². The molecule has 3 N–H and O–H groups in total. The molecule has 1 aliphatic carbocycles. The number of amides is 1. The van der Waals surface area contributed by atoms with Crippen LogP contribution in [0.2, 0.25) is 0 Å². The Hall–Kier alpha value is -3.68. The molecule has 13 heteroatoms. The Morgan fingerprint density at radius 1 is 1.13 bits per heavy atom. The zero-order valence-electron chi connectivity index (χ0n) is 26.8. The Balaban J connectivity index is 0.889. The van der Waals surface area contributed by atoms with Crippen LogP contribution in [0, 0.1) is 0 Å². The maximum absolute atomic E-state index is 12.5. The zero-order valence-corrected chi connectivity index (χ0v) is 26.8. The SMILES string of the molecule is CC1Nc2nnc(C3=C(O)CCC=C3)cc2N2CCN(C3CCN(C[C@H](C)Oc4cc(CC(=O)N5CCC(O)C5)on4)CC3)CC12. The number of allylic oxidation sites excluding steroid dienone is 4. The minimum Gasteiger partial charge on any atom is -0.512 e. The first-order valence-electron chi connectivity index (χ1n) is 16.8. The van der Waals surface area contributed by atoms with Crippen molar-refractivity contribution in [2.75, 3.05) is 62.6 Å². The number of carbonyl (C=O) groups excluding carboxylic acids is 1. The summed E-state index contributed by atoms with van der Waals surface area (Å²) in [6, 6.07) is 4.93. The summed E-state index contributed by atoms with van der Waals surface area (Å²) >= 11 is 0. The van der Waals surface area contributed by atoms with Gasteiger partial charge >= 0.3 is 0 Å². The van der Waals surface area contributed by atoms with E-state index >= 15 is 0 Å². The Bertz CT molecular complexity index is 1470. The summed E-state index contributed by atoms with van der Waals surface area (Å²) in [5.41, 5.74) is 2.58. The van der Waals surface area contributed by atoms with Gasteiger partial charge in [0.05, 0.1) is 29.9 Å². The van der Waals surface area contributed by atoms with E-state index in [1.54, 1.807) is 11.0 Å². The van der Waals surface area contributed by atoms with Crippen molar-refractivity contribution in [3.63, 3.8) is 0 Å². The number of piperazine rings is 1. The van der Waals surface area contributed by atoms with Gasteiger partial charge in [0.1, 0.15) is 17.6 Å². The Kier molecular flexibility index (Phi) is 8.88. The molecule has 0 bridgehead atoms. The van der Waals surface area contributed by atoms with Crippen molar-refractivity contribution >= 4 is 23.0 Å². The third kappa shape index (κ3) is 6.58. The normalized spacial score (nSPS) is 26.5. The van der Waals surface area contributed by atoms with Crippen LogP contribution < -0.4 is 15.0 Å². The lowest BCUT2D eigenvalue weighted by molar-refractivity contribution is -0.130. The van der Waals surface area contributed by atoms with Gasteiger partial charge in [-0.2, -0.15) is 0 Å². The first-order valence-corrected chi connectivity index (χ1v) is 16.8. The second-order valence-electron chi connectivity index (χ2n) is 13.5. The second-order valence-corrected chi connectivity index (χ2v) is 13.5. The Labute approximate surface area is 269 Å². The van der Waals surface area contributed by atoms with Gasteiger partial charge in [0.25, 0.3) is 5.88 Å². The first kappa shape index (κ1) is 30.9. The van der Waals surface area contributed by atoms with Crippen LogP contribution in [-0.4, -0.2) is 129 Å². The van der Waals surface area contributed by atoms with E-state index in [0.717, 1.165) is 81.3 Å². The van der Waals surface area contributed by atoms with Gasteiger partial charge in [-0.3, -0.25) is 14.6 Å². The molecule has 13 nitrogen and oxygen atoms in total.